The summed E-state index contributed by atoms with van der Waals surface area (Å²) in [5, 5.41) is 3.16. The lowest BCUT2D eigenvalue weighted by molar-refractivity contribution is -0.125. The van der Waals surface area contributed by atoms with Crippen LogP contribution in [0.5, 0.6) is 0 Å². The molecule has 31 heavy (non-hydrogen) atoms. The molecule has 164 valence electrons. The highest BCUT2D eigenvalue weighted by atomic mass is 16.5. The molecule has 0 bridgehead atoms. The van der Waals surface area contributed by atoms with Gasteiger partial charge in [0.1, 0.15) is 0 Å². The van der Waals surface area contributed by atoms with Crippen molar-refractivity contribution in [3.8, 4) is 0 Å². The van der Waals surface area contributed by atoms with Crippen molar-refractivity contribution in [1.29, 1.82) is 0 Å². The van der Waals surface area contributed by atoms with Crippen molar-refractivity contribution < 1.29 is 9.53 Å². The molecular weight excluding hydrogens is 392 g/mol. The van der Waals surface area contributed by atoms with Gasteiger partial charge in [-0.2, -0.15) is 0 Å². The lowest BCUT2D eigenvalue weighted by atomic mass is 9.97. The normalized spacial score (nSPS) is 20.4. The van der Waals surface area contributed by atoms with E-state index in [9.17, 15) is 4.79 Å². The molecule has 2 aliphatic rings. The molecular formula is C23H30N6O2. The molecule has 0 aliphatic carbocycles. The van der Waals surface area contributed by atoms with E-state index < -0.39 is 0 Å². The number of carbonyl (C=O) groups excluding carboxylic acids is 1. The maximum absolute atomic E-state index is 12.8. The minimum absolute atomic E-state index is 0.00613. The van der Waals surface area contributed by atoms with Crippen LogP contribution in [0.15, 0.2) is 36.7 Å². The lowest BCUT2D eigenvalue weighted by Crippen LogP contribution is -2.44. The number of piperidine rings is 1. The van der Waals surface area contributed by atoms with E-state index in [1.807, 2.05) is 24.4 Å². The van der Waals surface area contributed by atoms with Gasteiger partial charge in [-0.15, -0.1) is 0 Å². The Balaban J connectivity index is 1.23. The molecule has 0 aromatic carbocycles. The SMILES string of the molecule is O=C(NCCCN1CCOCC1)C1CCCN(c2nc3ncccc3n3cccc23)C1. The average molecular weight is 423 g/mol. The predicted molar refractivity (Wildman–Crippen MR) is 120 cm³/mol. The third kappa shape index (κ3) is 4.36. The number of morpholine rings is 1. The van der Waals surface area contributed by atoms with E-state index in [-0.39, 0.29) is 11.8 Å². The molecule has 2 aliphatic heterocycles. The van der Waals surface area contributed by atoms with Gasteiger partial charge in [-0.25, -0.2) is 9.97 Å². The summed E-state index contributed by atoms with van der Waals surface area (Å²) in [5.41, 5.74) is 2.79. The molecule has 8 nitrogen and oxygen atoms in total. The Morgan fingerprint density at radius 1 is 1.16 bits per heavy atom. The second-order valence-electron chi connectivity index (χ2n) is 8.43. The third-order valence-corrected chi connectivity index (χ3v) is 6.36. The number of hydrogen-bond donors (Lipinski definition) is 1. The van der Waals surface area contributed by atoms with Crippen LogP contribution in [0, 0.1) is 5.92 Å². The zero-order chi connectivity index (χ0) is 21.0. The molecule has 2 fully saturated rings. The number of pyridine rings is 1. The van der Waals surface area contributed by atoms with E-state index in [0.717, 1.165) is 87.7 Å². The van der Waals surface area contributed by atoms with E-state index >= 15 is 0 Å². The number of nitrogens with zero attached hydrogens (tertiary/aromatic N) is 5. The van der Waals surface area contributed by atoms with E-state index in [1.54, 1.807) is 6.20 Å². The molecule has 1 unspecified atom stereocenters. The maximum atomic E-state index is 12.8. The van der Waals surface area contributed by atoms with Crippen LogP contribution < -0.4 is 10.2 Å². The van der Waals surface area contributed by atoms with Gasteiger partial charge in [-0.05, 0) is 50.1 Å². The number of anilines is 1. The number of amides is 1. The molecule has 0 spiro atoms. The molecule has 0 saturated carbocycles. The Labute approximate surface area is 182 Å². The highest BCUT2D eigenvalue weighted by molar-refractivity contribution is 5.84. The van der Waals surface area contributed by atoms with Gasteiger partial charge < -0.3 is 19.4 Å². The highest BCUT2D eigenvalue weighted by Crippen LogP contribution is 2.28. The summed E-state index contributed by atoms with van der Waals surface area (Å²) < 4.78 is 7.53. The quantitative estimate of drug-likeness (QED) is 0.612. The summed E-state index contributed by atoms with van der Waals surface area (Å²) in [6, 6.07) is 8.10. The Morgan fingerprint density at radius 2 is 2.03 bits per heavy atom. The van der Waals surface area contributed by atoms with E-state index in [1.165, 1.54) is 0 Å². The first-order valence-corrected chi connectivity index (χ1v) is 11.3. The van der Waals surface area contributed by atoms with Crippen molar-refractivity contribution >= 4 is 28.4 Å². The molecule has 0 radical (unpaired) electrons. The fraction of sp³-hybridized carbons (Fsp3) is 0.522. The summed E-state index contributed by atoms with van der Waals surface area (Å²) in [7, 11) is 0. The second-order valence-corrected chi connectivity index (χ2v) is 8.43. The zero-order valence-electron chi connectivity index (χ0n) is 17.9. The van der Waals surface area contributed by atoms with Crippen LogP contribution in [0.1, 0.15) is 19.3 Å². The number of ether oxygens (including phenoxy) is 1. The standard InChI is InChI=1S/C23H30N6O2/c30-23(25-9-4-10-27-13-15-31-16-14-27)18-5-2-11-28(17-18)22-20-7-3-12-29(20)19-6-1-8-24-21(19)26-22/h1,3,6-8,12,18H,2,4-5,9-11,13-17H2,(H,25,30). The van der Waals surface area contributed by atoms with Crippen LogP contribution in [0.2, 0.25) is 0 Å². The van der Waals surface area contributed by atoms with Crippen molar-refractivity contribution in [2.75, 3.05) is 57.4 Å². The fourth-order valence-electron chi connectivity index (χ4n) is 4.69. The van der Waals surface area contributed by atoms with Crippen LogP contribution in [-0.4, -0.2) is 77.7 Å². The van der Waals surface area contributed by atoms with Crippen LogP contribution in [0.4, 0.5) is 5.82 Å². The lowest BCUT2D eigenvalue weighted by Gasteiger charge is -2.33. The Hall–Kier alpha value is -2.71. The Bertz CT molecular complexity index is 1040. The summed E-state index contributed by atoms with van der Waals surface area (Å²) in [6.07, 6.45) is 6.71. The van der Waals surface area contributed by atoms with E-state index in [0.29, 0.717) is 6.54 Å². The van der Waals surface area contributed by atoms with Crippen LogP contribution in [-0.2, 0) is 9.53 Å². The number of nitrogens with one attached hydrogen (secondary N) is 1. The van der Waals surface area contributed by atoms with Crippen molar-refractivity contribution in [3.63, 3.8) is 0 Å². The predicted octanol–water partition coefficient (Wildman–Crippen LogP) is 1.94. The topological polar surface area (TPSA) is 75.0 Å². The van der Waals surface area contributed by atoms with Crippen LogP contribution in [0.25, 0.3) is 16.7 Å². The minimum Gasteiger partial charge on any atom is -0.379 e. The number of hydrogen-bond acceptors (Lipinski definition) is 6. The first-order valence-electron chi connectivity index (χ1n) is 11.3. The highest BCUT2D eigenvalue weighted by Gasteiger charge is 2.28. The Morgan fingerprint density at radius 3 is 2.94 bits per heavy atom. The smallest absolute Gasteiger partial charge is 0.224 e. The number of fused-ring (bicyclic) bond motifs is 3. The second kappa shape index (κ2) is 9.20. The van der Waals surface area contributed by atoms with Gasteiger partial charge in [0, 0.05) is 45.1 Å². The monoisotopic (exact) mass is 422 g/mol. The molecule has 1 atom stereocenters. The molecule has 5 rings (SSSR count). The van der Waals surface area contributed by atoms with Gasteiger partial charge in [-0.3, -0.25) is 9.69 Å². The first kappa shape index (κ1) is 20.2. The Kier molecular flexibility index (Phi) is 5.99. The largest absolute Gasteiger partial charge is 0.379 e. The third-order valence-electron chi connectivity index (χ3n) is 6.36. The first-order chi connectivity index (χ1) is 15.3. The van der Waals surface area contributed by atoms with Crippen molar-refractivity contribution in [2.24, 2.45) is 5.92 Å². The number of aromatic nitrogens is 3. The molecule has 1 amide bonds. The summed E-state index contributed by atoms with van der Waals surface area (Å²) in [4.78, 5) is 26.8. The maximum Gasteiger partial charge on any atom is 0.224 e. The zero-order valence-corrected chi connectivity index (χ0v) is 17.9. The van der Waals surface area contributed by atoms with Crippen LogP contribution >= 0.6 is 0 Å². The molecule has 3 aromatic rings. The van der Waals surface area contributed by atoms with Crippen molar-refractivity contribution in [3.05, 3.63) is 36.7 Å². The number of rotatable bonds is 6. The van der Waals surface area contributed by atoms with Crippen LogP contribution in [0.3, 0.4) is 0 Å². The molecule has 5 heterocycles. The fourth-order valence-corrected chi connectivity index (χ4v) is 4.69. The molecule has 1 N–H and O–H groups in total. The van der Waals surface area contributed by atoms with E-state index in [4.69, 9.17) is 9.72 Å². The molecule has 2 saturated heterocycles. The number of carbonyl (C=O) groups is 1. The minimum atomic E-state index is -0.00613. The van der Waals surface area contributed by atoms with Gasteiger partial charge in [-0.1, -0.05) is 0 Å². The molecule has 8 heteroatoms. The van der Waals surface area contributed by atoms with Crippen molar-refractivity contribution in [2.45, 2.75) is 19.3 Å². The van der Waals surface area contributed by atoms with Gasteiger partial charge >= 0.3 is 0 Å². The molecule has 3 aromatic heterocycles. The van der Waals surface area contributed by atoms with Gasteiger partial charge in [0.2, 0.25) is 5.91 Å². The average Bonchev–Trinajstić information content (AvgIpc) is 3.32. The van der Waals surface area contributed by atoms with Gasteiger partial charge in [0.05, 0.1) is 30.2 Å². The van der Waals surface area contributed by atoms with E-state index in [2.05, 4.69) is 30.6 Å². The van der Waals surface area contributed by atoms with Gasteiger partial charge in [0.25, 0.3) is 0 Å². The van der Waals surface area contributed by atoms with Gasteiger partial charge in [0.15, 0.2) is 11.5 Å². The summed E-state index contributed by atoms with van der Waals surface area (Å²) >= 11 is 0. The van der Waals surface area contributed by atoms with Crippen molar-refractivity contribution in [1.82, 2.24) is 24.6 Å². The summed E-state index contributed by atoms with van der Waals surface area (Å²) in [5.74, 6) is 1.08. The summed E-state index contributed by atoms with van der Waals surface area (Å²) in [6.45, 7) is 6.97.